The van der Waals surface area contributed by atoms with E-state index in [1.807, 2.05) is 31.0 Å². The Morgan fingerprint density at radius 2 is 2.05 bits per heavy atom. The van der Waals surface area contributed by atoms with Gasteiger partial charge in [0.25, 0.3) is 0 Å². The van der Waals surface area contributed by atoms with E-state index < -0.39 is 0 Å². The quantitative estimate of drug-likeness (QED) is 0.791. The lowest BCUT2D eigenvalue weighted by Crippen LogP contribution is -2.35. The zero-order valence-electron chi connectivity index (χ0n) is 10.8. The van der Waals surface area contributed by atoms with Crippen LogP contribution in [0.15, 0.2) is 36.7 Å². The second kappa shape index (κ2) is 6.28. The number of nitrogens with zero attached hydrogens (tertiary/aromatic N) is 2. The maximum Gasteiger partial charge on any atom is 0.189 e. The molecule has 100 valence electrons. The predicted octanol–water partition coefficient (Wildman–Crippen LogP) is 3.50. The Morgan fingerprint density at radius 3 is 2.63 bits per heavy atom. The Labute approximate surface area is 121 Å². The van der Waals surface area contributed by atoms with Crippen LogP contribution in [0, 0.1) is 0 Å². The first-order valence-electron chi connectivity index (χ1n) is 5.96. The van der Waals surface area contributed by atoms with Crippen molar-refractivity contribution in [3.05, 3.63) is 51.4 Å². The molecular formula is C14H15ClN2OS. The van der Waals surface area contributed by atoms with Crippen molar-refractivity contribution in [1.29, 1.82) is 0 Å². The predicted molar refractivity (Wildman–Crippen MR) is 78.8 cm³/mol. The van der Waals surface area contributed by atoms with E-state index in [9.17, 15) is 4.79 Å². The first kappa shape index (κ1) is 14.2. The summed E-state index contributed by atoms with van der Waals surface area (Å²) < 4.78 is 0.646. The number of carbonyl (C=O) groups is 1. The van der Waals surface area contributed by atoms with Gasteiger partial charge >= 0.3 is 0 Å². The van der Waals surface area contributed by atoms with Crippen LogP contribution >= 0.6 is 22.9 Å². The summed E-state index contributed by atoms with van der Waals surface area (Å²) in [5.41, 5.74) is 1.14. The molecule has 2 heterocycles. The van der Waals surface area contributed by atoms with Gasteiger partial charge in [-0.25, -0.2) is 0 Å². The molecule has 2 aromatic rings. The third kappa shape index (κ3) is 3.62. The van der Waals surface area contributed by atoms with E-state index in [1.54, 1.807) is 24.5 Å². The van der Waals surface area contributed by atoms with Gasteiger partial charge in [-0.2, -0.15) is 0 Å². The lowest BCUT2D eigenvalue weighted by molar-refractivity contribution is 0.0866. The summed E-state index contributed by atoms with van der Waals surface area (Å²) in [5.74, 6) is 0.105. The topological polar surface area (TPSA) is 33.2 Å². The number of ketones is 1. The van der Waals surface area contributed by atoms with Crippen LogP contribution in [-0.2, 0) is 6.54 Å². The maximum atomic E-state index is 12.3. The number of Topliss-reactive ketones (excluding diaryl/α,β-unsaturated/α-hetero) is 1. The van der Waals surface area contributed by atoms with E-state index in [4.69, 9.17) is 11.6 Å². The zero-order valence-corrected chi connectivity index (χ0v) is 12.4. The normalized spacial score (nSPS) is 12.6. The second-order valence-electron chi connectivity index (χ2n) is 4.41. The molecule has 2 rings (SSSR count). The van der Waals surface area contributed by atoms with Gasteiger partial charge in [-0.05, 0) is 43.8 Å². The van der Waals surface area contributed by atoms with Crippen molar-refractivity contribution in [1.82, 2.24) is 9.88 Å². The van der Waals surface area contributed by atoms with E-state index in [0.29, 0.717) is 15.8 Å². The summed E-state index contributed by atoms with van der Waals surface area (Å²) in [6.07, 6.45) is 3.52. The highest BCUT2D eigenvalue weighted by Crippen LogP contribution is 2.23. The Balaban J connectivity index is 2.03. The average molecular weight is 295 g/mol. The number of aromatic nitrogens is 1. The molecule has 0 aliphatic carbocycles. The summed E-state index contributed by atoms with van der Waals surface area (Å²) >= 11 is 7.19. The van der Waals surface area contributed by atoms with Crippen LogP contribution in [0.4, 0.5) is 0 Å². The number of rotatable bonds is 5. The fourth-order valence-electron chi connectivity index (χ4n) is 1.77. The first-order chi connectivity index (χ1) is 9.08. The van der Waals surface area contributed by atoms with E-state index in [-0.39, 0.29) is 11.8 Å². The minimum absolute atomic E-state index is 0.105. The summed E-state index contributed by atoms with van der Waals surface area (Å²) in [6.45, 7) is 2.63. The van der Waals surface area contributed by atoms with Crippen LogP contribution in [-0.4, -0.2) is 28.8 Å². The number of thiophene rings is 1. The SMILES string of the molecule is CC(C(=O)c1ccc(Cl)s1)N(C)Cc1ccncc1. The smallest absolute Gasteiger partial charge is 0.189 e. The first-order valence-corrected chi connectivity index (χ1v) is 7.16. The third-order valence-corrected chi connectivity index (χ3v) is 4.28. The molecule has 2 aromatic heterocycles. The van der Waals surface area contributed by atoms with Gasteiger partial charge < -0.3 is 0 Å². The number of hydrogen-bond acceptors (Lipinski definition) is 4. The number of halogens is 1. The second-order valence-corrected chi connectivity index (χ2v) is 6.13. The zero-order chi connectivity index (χ0) is 13.8. The number of pyridine rings is 1. The molecule has 5 heteroatoms. The molecule has 0 aliphatic rings. The Bertz CT molecular complexity index is 556. The molecule has 3 nitrogen and oxygen atoms in total. The highest BCUT2D eigenvalue weighted by atomic mass is 35.5. The molecule has 1 unspecified atom stereocenters. The Hall–Kier alpha value is -1.23. The van der Waals surface area contributed by atoms with Gasteiger partial charge in [-0.1, -0.05) is 11.6 Å². The van der Waals surface area contributed by atoms with Crippen LogP contribution in [0.2, 0.25) is 4.34 Å². The van der Waals surface area contributed by atoms with Gasteiger partial charge in [0.1, 0.15) is 0 Å². The van der Waals surface area contributed by atoms with Crippen LogP contribution < -0.4 is 0 Å². The molecule has 0 saturated carbocycles. The standard InChI is InChI=1S/C14H15ClN2OS/c1-10(14(18)12-3-4-13(15)19-12)17(2)9-11-5-7-16-8-6-11/h3-8,10H,9H2,1-2H3. The molecule has 19 heavy (non-hydrogen) atoms. The minimum Gasteiger partial charge on any atom is -0.292 e. The van der Waals surface area contributed by atoms with Crippen molar-refractivity contribution in [2.45, 2.75) is 19.5 Å². The van der Waals surface area contributed by atoms with Crippen molar-refractivity contribution in [2.75, 3.05) is 7.05 Å². The van der Waals surface area contributed by atoms with Crippen LogP contribution in [0.5, 0.6) is 0 Å². The molecule has 0 spiro atoms. The van der Waals surface area contributed by atoms with E-state index in [0.717, 1.165) is 5.56 Å². The van der Waals surface area contributed by atoms with Crippen molar-refractivity contribution < 1.29 is 4.79 Å². The van der Waals surface area contributed by atoms with Gasteiger partial charge in [-0.15, -0.1) is 11.3 Å². The molecule has 0 saturated heterocycles. The van der Waals surface area contributed by atoms with Crippen molar-refractivity contribution >= 4 is 28.7 Å². The molecular weight excluding hydrogens is 280 g/mol. The molecule has 0 fully saturated rings. The highest BCUT2D eigenvalue weighted by Gasteiger charge is 2.21. The molecule has 1 atom stereocenters. The Morgan fingerprint density at radius 1 is 1.37 bits per heavy atom. The minimum atomic E-state index is -0.178. The lowest BCUT2D eigenvalue weighted by atomic mass is 10.1. The maximum absolute atomic E-state index is 12.3. The average Bonchev–Trinajstić information content (AvgIpc) is 2.85. The van der Waals surface area contributed by atoms with Crippen molar-refractivity contribution in [3.63, 3.8) is 0 Å². The van der Waals surface area contributed by atoms with E-state index in [2.05, 4.69) is 4.98 Å². The molecule has 0 N–H and O–H groups in total. The van der Waals surface area contributed by atoms with Gasteiger partial charge in [0, 0.05) is 18.9 Å². The van der Waals surface area contributed by atoms with Crippen LogP contribution in [0.1, 0.15) is 22.2 Å². The lowest BCUT2D eigenvalue weighted by Gasteiger charge is -2.23. The number of likely N-dealkylation sites (N-methyl/N-ethyl adjacent to an activating group) is 1. The fraction of sp³-hybridized carbons (Fsp3) is 0.286. The number of hydrogen-bond donors (Lipinski definition) is 0. The van der Waals surface area contributed by atoms with E-state index >= 15 is 0 Å². The molecule has 0 amide bonds. The van der Waals surface area contributed by atoms with Crippen LogP contribution in [0.25, 0.3) is 0 Å². The van der Waals surface area contributed by atoms with Gasteiger partial charge in [-0.3, -0.25) is 14.7 Å². The van der Waals surface area contributed by atoms with Gasteiger partial charge in [0.05, 0.1) is 15.3 Å². The Kier molecular flexibility index (Phi) is 4.69. The third-order valence-electron chi connectivity index (χ3n) is 3.04. The van der Waals surface area contributed by atoms with Gasteiger partial charge in [0.2, 0.25) is 0 Å². The summed E-state index contributed by atoms with van der Waals surface area (Å²) in [4.78, 5) is 19.0. The molecule has 0 radical (unpaired) electrons. The molecule has 0 aliphatic heterocycles. The summed E-state index contributed by atoms with van der Waals surface area (Å²) in [7, 11) is 1.94. The van der Waals surface area contributed by atoms with Crippen LogP contribution in [0.3, 0.4) is 0 Å². The van der Waals surface area contributed by atoms with Gasteiger partial charge in [0.15, 0.2) is 5.78 Å². The molecule has 0 bridgehead atoms. The molecule has 0 aromatic carbocycles. The summed E-state index contributed by atoms with van der Waals surface area (Å²) in [5, 5.41) is 0. The fourth-order valence-corrected chi connectivity index (χ4v) is 2.83. The summed E-state index contributed by atoms with van der Waals surface area (Å²) in [6, 6.07) is 7.27. The number of carbonyl (C=O) groups excluding carboxylic acids is 1. The van der Waals surface area contributed by atoms with Crippen molar-refractivity contribution in [3.8, 4) is 0 Å². The van der Waals surface area contributed by atoms with Crippen molar-refractivity contribution in [2.24, 2.45) is 0 Å². The highest BCUT2D eigenvalue weighted by molar-refractivity contribution is 7.18. The van der Waals surface area contributed by atoms with E-state index in [1.165, 1.54) is 11.3 Å². The monoisotopic (exact) mass is 294 g/mol. The largest absolute Gasteiger partial charge is 0.292 e.